The molecular formula is C80H70N2O2. The minimum Gasteiger partial charge on any atom is -0.505 e. The van der Waals surface area contributed by atoms with Crippen molar-refractivity contribution in [2.24, 2.45) is 0 Å². The number of hydrogen-bond acceptors (Lipinski definition) is 4. The zero-order valence-corrected chi connectivity index (χ0v) is 49.1. The van der Waals surface area contributed by atoms with Crippen LogP contribution in [0.15, 0.2) is 205 Å². The van der Waals surface area contributed by atoms with Gasteiger partial charge >= 0.3 is 0 Å². The van der Waals surface area contributed by atoms with Gasteiger partial charge in [0.05, 0.1) is 22.7 Å². The van der Waals surface area contributed by atoms with Gasteiger partial charge in [-0.2, -0.15) is 0 Å². The number of anilines is 6. The van der Waals surface area contributed by atoms with Crippen LogP contribution in [0.5, 0.6) is 5.75 Å². The first kappa shape index (κ1) is 51.7. The van der Waals surface area contributed by atoms with E-state index >= 15 is 0 Å². The molecule has 2 saturated carbocycles. The quantitative estimate of drug-likeness (QED) is 0.131. The van der Waals surface area contributed by atoms with Gasteiger partial charge in [0.1, 0.15) is 11.3 Å². The molecule has 0 aliphatic heterocycles. The highest BCUT2D eigenvalue weighted by molar-refractivity contribution is 6.30. The summed E-state index contributed by atoms with van der Waals surface area (Å²) in [6, 6.07) is 74.2. The van der Waals surface area contributed by atoms with Crippen molar-refractivity contribution in [3.8, 4) is 39.1 Å². The molecule has 13 aromatic rings. The molecule has 4 nitrogen and oxygen atoms in total. The van der Waals surface area contributed by atoms with Crippen LogP contribution in [0.2, 0.25) is 0 Å². The minimum absolute atomic E-state index is 0.259. The molecule has 0 bridgehead atoms. The van der Waals surface area contributed by atoms with E-state index in [0.717, 1.165) is 110 Å². The highest BCUT2D eigenvalue weighted by Gasteiger charge is 2.32. The Bertz CT molecular complexity index is 4740. The van der Waals surface area contributed by atoms with Gasteiger partial charge in [-0.1, -0.05) is 183 Å². The highest BCUT2D eigenvalue weighted by Crippen LogP contribution is 2.56. The fraction of sp³-hybridized carbons (Fsp3) is 0.200. The number of benzene rings is 12. The third-order valence-corrected chi connectivity index (χ3v) is 19.3. The van der Waals surface area contributed by atoms with Crippen molar-refractivity contribution in [2.75, 3.05) is 9.80 Å². The van der Waals surface area contributed by atoms with Crippen LogP contribution in [-0.4, -0.2) is 5.11 Å². The number of aryl methyl sites for hydroxylation is 6. The second-order valence-corrected chi connectivity index (χ2v) is 24.6. The van der Waals surface area contributed by atoms with E-state index in [0.29, 0.717) is 11.8 Å². The summed E-state index contributed by atoms with van der Waals surface area (Å²) in [4.78, 5) is 4.97. The maximum absolute atomic E-state index is 13.2. The molecule has 12 aromatic carbocycles. The summed E-state index contributed by atoms with van der Waals surface area (Å²) in [6.07, 6.45) is 9.51. The van der Waals surface area contributed by atoms with Gasteiger partial charge in [-0.25, -0.2) is 0 Å². The van der Waals surface area contributed by atoms with Gasteiger partial charge in [-0.05, 0) is 210 Å². The maximum atomic E-state index is 13.2. The lowest BCUT2D eigenvalue weighted by Gasteiger charge is -2.33. The lowest BCUT2D eigenvalue weighted by molar-refractivity contribution is 0.478. The Morgan fingerprint density at radius 3 is 1.37 bits per heavy atom. The molecule has 1 heterocycles. The number of aromatic hydroxyl groups is 1. The number of phenolic OH excluding ortho intramolecular Hbond substituents is 1. The molecule has 0 spiro atoms. The number of furan rings is 1. The van der Waals surface area contributed by atoms with Crippen molar-refractivity contribution in [2.45, 2.75) is 105 Å². The van der Waals surface area contributed by atoms with E-state index in [9.17, 15) is 5.11 Å². The van der Waals surface area contributed by atoms with Gasteiger partial charge in [-0.15, -0.1) is 0 Å². The fourth-order valence-corrected chi connectivity index (χ4v) is 15.0. The Morgan fingerprint density at radius 2 is 0.786 bits per heavy atom. The van der Waals surface area contributed by atoms with Gasteiger partial charge < -0.3 is 19.3 Å². The molecule has 2 aliphatic carbocycles. The lowest BCUT2D eigenvalue weighted by atomic mass is 9.82. The third-order valence-electron chi connectivity index (χ3n) is 19.3. The minimum atomic E-state index is 0.259. The molecule has 1 aromatic heterocycles. The van der Waals surface area contributed by atoms with Gasteiger partial charge in [0.2, 0.25) is 0 Å². The number of rotatable bonds is 11. The van der Waals surface area contributed by atoms with Crippen LogP contribution in [0.3, 0.4) is 0 Å². The van der Waals surface area contributed by atoms with Gasteiger partial charge in [0.25, 0.3) is 0 Å². The van der Waals surface area contributed by atoms with Crippen LogP contribution in [0.25, 0.3) is 87.6 Å². The van der Waals surface area contributed by atoms with E-state index in [-0.39, 0.29) is 5.75 Å². The fourth-order valence-electron chi connectivity index (χ4n) is 15.0. The van der Waals surface area contributed by atoms with E-state index in [2.05, 4.69) is 252 Å². The number of nitrogens with zero attached hydrogens (tertiary/aromatic N) is 2. The average molecular weight is 1090 g/mol. The Labute approximate surface area is 493 Å². The molecule has 1 N–H and O–H groups in total. The maximum Gasteiger partial charge on any atom is 0.159 e. The Kier molecular flexibility index (Phi) is 12.7. The van der Waals surface area contributed by atoms with Crippen LogP contribution < -0.4 is 9.80 Å². The second kappa shape index (κ2) is 20.6. The molecule has 0 unspecified atom stereocenters. The lowest BCUT2D eigenvalue weighted by Crippen LogP contribution is -2.15. The van der Waals surface area contributed by atoms with Crippen LogP contribution in [0, 0.1) is 41.5 Å². The molecule has 2 fully saturated rings. The summed E-state index contributed by atoms with van der Waals surface area (Å²) in [5, 5.41) is 23.1. The Balaban J connectivity index is 1.03. The zero-order valence-electron chi connectivity index (χ0n) is 49.1. The molecule has 84 heavy (non-hydrogen) atoms. The molecule has 0 radical (unpaired) electrons. The average Bonchev–Trinajstić information content (AvgIpc) is 3.07. The summed E-state index contributed by atoms with van der Waals surface area (Å²) < 4.78 is 7.40. The number of phenols is 1. The molecule has 2 aliphatic rings. The normalized spacial score (nSPS) is 14.1. The summed E-state index contributed by atoms with van der Waals surface area (Å²) in [5.41, 5.74) is 24.4. The number of fused-ring (bicyclic) bond motifs is 3. The molecule has 4 heteroatoms. The SMILES string of the molecule is Cc1ccc(C)c(N(c2cccc(-c3cccc(-c4ccccc4C)c3)c2O)c2cc(C3CCCC3)c3ccc4c(N(c5cc(C)ccc5C)c5cccc6c5oc5c(-c7ccccc7C)cccc56)cc(C5CCCC5)c5ccc2c3c54)c1. The molecule has 412 valence electrons. The van der Waals surface area contributed by atoms with E-state index in [1.54, 1.807) is 0 Å². The number of para-hydroxylation sites is 3. The van der Waals surface area contributed by atoms with Crippen molar-refractivity contribution in [1.29, 1.82) is 0 Å². The molecule has 0 amide bonds. The summed E-state index contributed by atoms with van der Waals surface area (Å²) in [5.74, 6) is 1.07. The first-order valence-electron chi connectivity index (χ1n) is 30.6. The molecule has 0 atom stereocenters. The van der Waals surface area contributed by atoms with Gasteiger partial charge in [0, 0.05) is 44.0 Å². The molecule has 15 rings (SSSR count). The van der Waals surface area contributed by atoms with Crippen LogP contribution in [-0.2, 0) is 0 Å². The standard InChI is InChI=1S/C80H70N2O2/c1-48-35-37-52(5)72(43-48)81(70-33-17-29-60(78(70)83)57-26-15-25-56(45-57)58-27-13-7-19-50(58)3)74-46-68(54-21-9-10-22-54)61-40-42-67-75(47-69(55-23-11-12-24-55)62-39-41-66(74)76(61)77(62)67)82(73-44-49(2)36-38-53(73)6)71-34-18-32-65-64-31-16-30-63(79(64)84-80(65)71)59-28-14-8-20-51(59)4/h7-8,13-20,25-47,54-55,83H,9-12,21-24H2,1-6H3. The molecule has 0 saturated heterocycles. The predicted molar refractivity (Wildman–Crippen MR) is 356 cm³/mol. The van der Waals surface area contributed by atoms with Gasteiger partial charge in [-0.3, -0.25) is 0 Å². The van der Waals surface area contributed by atoms with Crippen molar-refractivity contribution < 1.29 is 9.52 Å². The van der Waals surface area contributed by atoms with E-state index in [1.165, 1.54) is 108 Å². The largest absolute Gasteiger partial charge is 0.505 e. The van der Waals surface area contributed by atoms with Crippen molar-refractivity contribution in [1.82, 2.24) is 0 Å². The summed E-state index contributed by atoms with van der Waals surface area (Å²) in [6.45, 7) is 13.2. The second-order valence-electron chi connectivity index (χ2n) is 24.6. The van der Waals surface area contributed by atoms with Crippen LogP contribution in [0.4, 0.5) is 34.1 Å². The molecular weight excluding hydrogens is 1020 g/mol. The van der Waals surface area contributed by atoms with Crippen molar-refractivity contribution in [3.05, 3.63) is 245 Å². The van der Waals surface area contributed by atoms with Crippen molar-refractivity contribution in [3.63, 3.8) is 0 Å². The first-order valence-corrected chi connectivity index (χ1v) is 30.6. The predicted octanol–water partition coefficient (Wildman–Crippen LogP) is 23.3. The van der Waals surface area contributed by atoms with Crippen LogP contribution >= 0.6 is 0 Å². The smallest absolute Gasteiger partial charge is 0.159 e. The van der Waals surface area contributed by atoms with Gasteiger partial charge in [0.15, 0.2) is 5.58 Å². The topological polar surface area (TPSA) is 39.9 Å². The summed E-state index contributed by atoms with van der Waals surface area (Å²) in [7, 11) is 0. The monoisotopic (exact) mass is 1090 g/mol. The Morgan fingerprint density at radius 1 is 0.333 bits per heavy atom. The van der Waals surface area contributed by atoms with E-state index in [1.807, 2.05) is 0 Å². The third kappa shape index (κ3) is 8.47. The van der Waals surface area contributed by atoms with Crippen LogP contribution in [0.1, 0.15) is 108 Å². The number of hydrogen-bond donors (Lipinski definition) is 1. The van der Waals surface area contributed by atoms with E-state index < -0.39 is 0 Å². The van der Waals surface area contributed by atoms with E-state index in [4.69, 9.17) is 4.42 Å². The first-order chi connectivity index (χ1) is 41.1. The zero-order chi connectivity index (χ0) is 56.9. The highest BCUT2D eigenvalue weighted by atomic mass is 16.3. The Hall–Kier alpha value is -9.12. The summed E-state index contributed by atoms with van der Waals surface area (Å²) >= 11 is 0. The van der Waals surface area contributed by atoms with Crippen molar-refractivity contribution >= 4 is 88.4 Å².